The van der Waals surface area contributed by atoms with Gasteiger partial charge in [0.25, 0.3) is 0 Å². The van der Waals surface area contributed by atoms with E-state index in [0.717, 1.165) is 59.0 Å². The lowest BCUT2D eigenvalue weighted by Crippen LogP contribution is -2.15. The fourth-order valence-electron chi connectivity index (χ4n) is 4.28. The zero-order chi connectivity index (χ0) is 23.9. The van der Waals surface area contributed by atoms with Gasteiger partial charge < -0.3 is 4.74 Å². The van der Waals surface area contributed by atoms with Gasteiger partial charge in [-0.05, 0) is 48.1 Å². The molecule has 0 N–H and O–H groups in total. The van der Waals surface area contributed by atoms with Gasteiger partial charge in [0.15, 0.2) is 0 Å². The minimum absolute atomic E-state index is 0.163. The summed E-state index contributed by atoms with van der Waals surface area (Å²) in [6.07, 6.45) is 4.31. The first-order chi connectivity index (χ1) is 16.3. The van der Waals surface area contributed by atoms with Crippen molar-refractivity contribution in [3.63, 3.8) is 0 Å². The van der Waals surface area contributed by atoms with Gasteiger partial charge in [0.1, 0.15) is 0 Å². The molecule has 0 aliphatic carbocycles. The van der Waals surface area contributed by atoms with Crippen molar-refractivity contribution in [2.24, 2.45) is 0 Å². The molecule has 5 rings (SSSR count). The summed E-state index contributed by atoms with van der Waals surface area (Å²) in [5.74, 6) is 0.377. The quantitative estimate of drug-likeness (QED) is 0.306. The molecule has 0 saturated carbocycles. The Morgan fingerprint density at radius 1 is 1.12 bits per heavy atom. The molecule has 3 unspecified atom stereocenters. The second-order valence-corrected chi connectivity index (χ2v) is 9.96. The molecular formula is C25H25F3N4OS. The maximum absolute atomic E-state index is 13.1. The number of alkyl halides is 3. The van der Waals surface area contributed by atoms with Crippen LogP contribution in [0.15, 0.2) is 49.1 Å². The van der Waals surface area contributed by atoms with Gasteiger partial charge >= 0.3 is 6.18 Å². The van der Waals surface area contributed by atoms with E-state index in [2.05, 4.69) is 30.1 Å². The zero-order valence-electron chi connectivity index (χ0n) is 18.9. The topological polar surface area (TPSA) is 52.8 Å². The maximum Gasteiger partial charge on any atom is 0.417 e. The minimum Gasteiger partial charge on any atom is -0.376 e. The summed E-state index contributed by atoms with van der Waals surface area (Å²) in [6, 6.07) is 6.69. The summed E-state index contributed by atoms with van der Waals surface area (Å²) < 4.78 is 47.9. The molecule has 3 aromatic heterocycles. The first-order valence-electron chi connectivity index (χ1n) is 11.3. The van der Waals surface area contributed by atoms with E-state index < -0.39 is 11.7 Å². The van der Waals surface area contributed by atoms with E-state index in [1.807, 2.05) is 23.0 Å². The highest BCUT2D eigenvalue weighted by Crippen LogP contribution is 2.38. The summed E-state index contributed by atoms with van der Waals surface area (Å²) >= 11 is 1.58. The fraction of sp³-hybridized carbons (Fsp3) is 0.400. The van der Waals surface area contributed by atoms with E-state index in [9.17, 15) is 13.2 Å². The van der Waals surface area contributed by atoms with Crippen LogP contribution in [0, 0.1) is 0 Å². The largest absolute Gasteiger partial charge is 0.417 e. The van der Waals surface area contributed by atoms with Crippen LogP contribution in [0.5, 0.6) is 0 Å². The molecule has 0 bridgehead atoms. The average molecular weight is 487 g/mol. The van der Waals surface area contributed by atoms with Crippen molar-refractivity contribution in [2.45, 2.75) is 57.3 Å². The third-order valence-electron chi connectivity index (χ3n) is 6.54. The predicted molar refractivity (Wildman–Crippen MR) is 126 cm³/mol. The highest BCUT2D eigenvalue weighted by molar-refractivity contribution is 7.18. The van der Waals surface area contributed by atoms with Crippen LogP contribution in [-0.2, 0) is 17.5 Å². The monoisotopic (exact) mass is 486 g/mol. The van der Waals surface area contributed by atoms with E-state index >= 15 is 0 Å². The van der Waals surface area contributed by atoms with Crippen LogP contribution in [0.3, 0.4) is 0 Å². The number of halogens is 3. The molecular weight excluding hydrogens is 461 g/mol. The Labute approximate surface area is 199 Å². The third kappa shape index (κ3) is 4.72. The van der Waals surface area contributed by atoms with Gasteiger partial charge in [0.05, 0.1) is 39.6 Å². The number of pyridine rings is 1. The second kappa shape index (κ2) is 9.11. The van der Waals surface area contributed by atoms with Crippen LogP contribution >= 0.6 is 11.3 Å². The maximum atomic E-state index is 13.1. The summed E-state index contributed by atoms with van der Waals surface area (Å²) in [5.41, 5.74) is 2.37. The number of thiazole rings is 1. The van der Waals surface area contributed by atoms with Gasteiger partial charge in [0.2, 0.25) is 0 Å². The molecule has 1 fully saturated rings. The number of rotatable bonds is 6. The smallest absolute Gasteiger partial charge is 0.376 e. The summed E-state index contributed by atoms with van der Waals surface area (Å²) in [5, 5.41) is 5.52. The van der Waals surface area contributed by atoms with E-state index in [-0.39, 0.29) is 17.9 Å². The molecule has 4 aromatic rings. The molecule has 3 atom stereocenters. The molecule has 0 radical (unpaired) electrons. The number of fused-ring (bicyclic) bond motifs is 1. The molecule has 1 saturated heterocycles. The Hall–Kier alpha value is -2.78. The highest BCUT2D eigenvalue weighted by Gasteiger charge is 2.31. The molecule has 0 amide bonds. The number of hydrogen-bond donors (Lipinski definition) is 0. The van der Waals surface area contributed by atoms with Crippen molar-refractivity contribution in [3.8, 4) is 11.1 Å². The van der Waals surface area contributed by atoms with Gasteiger partial charge in [-0.25, -0.2) is 4.98 Å². The Morgan fingerprint density at radius 2 is 1.97 bits per heavy atom. The SMILES string of the molecule is CC(c1cnn(CC2CCCO2)c1)C(C)c1nc2ccc(-c3cncc(C(F)(F)F)c3)cc2s1. The molecule has 178 valence electrons. The normalized spacial score (nSPS) is 18.4. The molecule has 1 aliphatic rings. The van der Waals surface area contributed by atoms with E-state index in [4.69, 9.17) is 9.72 Å². The van der Waals surface area contributed by atoms with Crippen LogP contribution in [0.4, 0.5) is 13.2 Å². The Balaban J connectivity index is 1.35. The van der Waals surface area contributed by atoms with Crippen molar-refractivity contribution in [2.75, 3.05) is 6.61 Å². The molecule has 1 aliphatic heterocycles. The fourth-order valence-corrected chi connectivity index (χ4v) is 5.45. The lowest BCUT2D eigenvalue weighted by Gasteiger charge is -2.16. The Morgan fingerprint density at radius 3 is 2.74 bits per heavy atom. The second-order valence-electron chi connectivity index (χ2n) is 8.90. The summed E-state index contributed by atoms with van der Waals surface area (Å²) in [6.45, 7) is 5.92. The van der Waals surface area contributed by atoms with Crippen LogP contribution < -0.4 is 0 Å². The predicted octanol–water partition coefficient (Wildman–Crippen LogP) is 6.66. The number of aromatic nitrogens is 4. The van der Waals surface area contributed by atoms with Gasteiger partial charge in [-0.1, -0.05) is 19.9 Å². The van der Waals surface area contributed by atoms with Gasteiger partial charge in [-0.3, -0.25) is 9.67 Å². The van der Waals surface area contributed by atoms with Crippen LogP contribution in [-0.4, -0.2) is 32.5 Å². The number of nitrogens with zero attached hydrogens (tertiary/aromatic N) is 4. The molecule has 34 heavy (non-hydrogen) atoms. The average Bonchev–Trinajstić information content (AvgIpc) is 3.58. The highest BCUT2D eigenvalue weighted by atomic mass is 32.1. The van der Waals surface area contributed by atoms with Crippen LogP contribution in [0.25, 0.3) is 21.3 Å². The number of benzene rings is 1. The molecule has 4 heterocycles. The number of ether oxygens (including phenoxy) is 1. The van der Waals surface area contributed by atoms with Crippen LogP contribution in [0.1, 0.15) is 54.7 Å². The summed E-state index contributed by atoms with van der Waals surface area (Å²) in [4.78, 5) is 8.60. The first kappa shape index (κ1) is 23.0. The lowest BCUT2D eigenvalue weighted by atomic mass is 9.91. The van der Waals surface area contributed by atoms with Crippen molar-refractivity contribution >= 4 is 21.6 Å². The zero-order valence-corrected chi connectivity index (χ0v) is 19.7. The molecule has 5 nitrogen and oxygen atoms in total. The van der Waals surface area contributed by atoms with Crippen molar-refractivity contribution in [1.29, 1.82) is 0 Å². The van der Waals surface area contributed by atoms with Crippen molar-refractivity contribution < 1.29 is 17.9 Å². The first-order valence-corrected chi connectivity index (χ1v) is 12.2. The minimum atomic E-state index is -4.42. The van der Waals surface area contributed by atoms with Gasteiger partial charge in [0, 0.05) is 36.7 Å². The Kier molecular flexibility index (Phi) is 6.16. The third-order valence-corrected chi connectivity index (χ3v) is 7.76. The molecule has 1 aromatic carbocycles. The molecule has 9 heteroatoms. The van der Waals surface area contributed by atoms with E-state index in [1.165, 1.54) is 6.20 Å². The standard InChI is InChI=1S/C25H25F3N4OS/c1-15(19-11-30-32(13-19)14-21-4-3-7-33-21)16(2)24-31-22-6-5-17(9-23(22)34-24)18-8-20(12-29-10-18)25(26,27)28/h5-6,8-13,15-16,21H,3-4,7,14H2,1-2H3. The van der Waals surface area contributed by atoms with E-state index in [1.54, 1.807) is 17.4 Å². The number of hydrogen-bond acceptors (Lipinski definition) is 5. The lowest BCUT2D eigenvalue weighted by molar-refractivity contribution is -0.137. The van der Waals surface area contributed by atoms with Gasteiger partial charge in [-0.2, -0.15) is 18.3 Å². The van der Waals surface area contributed by atoms with Crippen molar-refractivity contribution in [3.05, 3.63) is 65.2 Å². The van der Waals surface area contributed by atoms with Crippen LogP contribution in [0.2, 0.25) is 0 Å². The Bertz CT molecular complexity index is 1290. The summed E-state index contributed by atoms with van der Waals surface area (Å²) in [7, 11) is 0. The molecule has 0 spiro atoms. The van der Waals surface area contributed by atoms with E-state index in [0.29, 0.717) is 11.1 Å². The van der Waals surface area contributed by atoms with Gasteiger partial charge in [-0.15, -0.1) is 11.3 Å². The van der Waals surface area contributed by atoms with Crippen molar-refractivity contribution in [1.82, 2.24) is 19.7 Å².